The molecule has 7 heteroatoms. The fourth-order valence-electron chi connectivity index (χ4n) is 2.90. The SMILES string of the molecule is C[C@@H]1CN(S(=O)(=O)c2ccc3c(c2)COC3)C[C@H]1C(=O)O. The van der Waals surface area contributed by atoms with Crippen LogP contribution in [0.4, 0.5) is 0 Å². The molecular weight excluding hydrogens is 294 g/mol. The lowest BCUT2D eigenvalue weighted by Gasteiger charge is -2.16. The van der Waals surface area contributed by atoms with Crippen molar-refractivity contribution >= 4 is 16.0 Å². The predicted octanol–water partition coefficient (Wildman–Crippen LogP) is 1.06. The van der Waals surface area contributed by atoms with Gasteiger partial charge in [0.15, 0.2) is 0 Å². The van der Waals surface area contributed by atoms with Crippen LogP contribution < -0.4 is 0 Å². The molecule has 0 bridgehead atoms. The Balaban J connectivity index is 1.89. The topological polar surface area (TPSA) is 83.9 Å². The molecule has 1 fully saturated rings. The second-order valence-corrected chi connectivity index (χ2v) is 7.61. The zero-order valence-corrected chi connectivity index (χ0v) is 12.5. The minimum Gasteiger partial charge on any atom is -0.481 e. The maximum atomic E-state index is 12.6. The molecule has 1 aromatic rings. The number of nitrogens with zero attached hydrogens (tertiary/aromatic N) is 1. The zero-order chi connectivity index (χ0) is 15.2. The minimum absolute atomic E-state index is 0.0341. The number of hydrogen-bond acceptors (Lipinski definition) is 4. The number of rotatable bonds is 3. The molecule has 21 heavy (non-hydrogen) atoms. The lowest BCUT2D eigenvalue weighted by molar-refractivity contribution is -0.142. The molecule has 2 aliphatic rings. The molecular formula is C14H17NO5S. The van der Waals surface area contributed by atoms with Crippen LogP contribution in [0.25, 0.3) is 0 Å². The Morgan fingerprint density at radius 1 is 1.29 bits per heavy atom. The summed E-state index contributed by atoms with van der Waals surface area (Å²) in [6, 6.07) is 4.97. The highest BCUT2D eigenvalue weighted by Crippen LogP contribution is 2.30. The van der Waals surface area contributed by atoms with Gasteiger partial charge < -0.3 is 9.84 Å². The summed E-state index contributed by atoms with van der Waals surface area (Å²) in [6.45, 7) is 2.98. The Morgan fingerprint density at radius 2 is 2.00 bits per heavy atom. The van der Waals surface area contributed by atoms with E-state index in [4.69, 9.17) is 9.84 Å². The lowest BCUT2D eigenvalue weighted by atomic mass is 9.99. The number of aliphatic carboxylic acids is 1. The molecule has 114 valence electrons. The molecule has 0 spiro atoms. The quantitative estimate of drug-likeness (QED) is 0.902. The molecule has 2 aliphatic heterocycles. The van der Waals surface area contributed by atoms with Crippen LogP contribution in [-0.4, -0.2) is 36.9 Å². The average Bonchev–Trinajstić information content (AvgIpc) is 3.03. The number of benzene rings is 1. The summed E-state index contributed by atoms with van der Waals surface area (Å²) in [7, 11) is -3.65. The van der Waals surface area contributed by atoms with Gasteiger partial charge in [0.05, 0.1) is 24.0 Å². The van der Waals surface area contributed by atoms with Crippen LogP contribution in [0.3, 0.4) is 0 Å². The van der Waals surface area contributed by atoms with Crippen molar-refractivity contribution in [1.82, 2.24) is 4.31 Å². The van der Waals surface area contributed by atoms with Crippen molar-refractivity contribution in [2.24, 2.45) is 11.8 Å². The molecule has 1 N–H and O–H groups in total. The highest BCUT2D eigenvalue weighted by Gasteiger charge is 2.40. The van der Waals surface area contributed by atoms with Crippen molar-refractivity contribution in [1.29, 1.82) is 0 Å². The minimum atomic E-state index is -3.65. The first-order chi connectivity index (χ1) is 9.89. The Labute approximate surface area is 123 Å². The number of sulfonamides is 1. The van der Waals surface area contributed by atoms with Gasteiger partial charge in [-0.25, -0.2) is 8.42 Å². The van der Waals surface area contributed by atoms with Gasteiger partial charge in [0.1, 0.15) is 0 Å². The second kappa shape index (κ2) is 5.08. The summed E-state index contributed by atoms with van der Waals surface area (Å²) < 4.78 is 31.8. The molecule has 1 saturated heterocycles. The van der Waals surface area contributed by atoms with Crippen molar-refractivity contribution in [2.75, 3.05) is 13.1 Å². The van der Waals surface area contributed by atoms with Crippen LogP contribution in [0, 0.1) is 11.8 Å². The summed E-state index contributed by atoms with van der Waals surface area (Å²) in [5, 5.41) is 9.13. The zero-order valence-electron chi connectivity index (χ0n) is 11.7. The third-order valence-corrected chi connectivity index (χ3v) is 6.05. The third-order valence-electron chi connectivity index (χ3n) is 4.23. The first kappa shape index (κ1) is 14.5. The first-order valence-corrected chi connectivity index (χ1v) is 8.26. The lowest BCUT2D eigenvalue weighted by Crippen LogP contribution is -2.30. The molecule has 1 aromatic carbocycles. The Hall–Kier alpha value is -1.44. The molecule has 0 radical (unpaired) electrons. The Morgan fingerprint density at radius 3 is 2.67 bits per heavy atom. The van der Waals surface area contributed by atoms with Crippen molar-refractivity contribution in [3.8, 4) is 0 Å². The van der Waals surface area contributed by atoms with E-state index < -0.39 is 21.9 Å². The Bertz CT molecular complexity index is 685. The number of carboxylic acids is 1. The fraction of sp³-hybridized carbons (Fsp3) is 0.500. The van der Waals surface area contributed by atoms with Gasteiger partial charge in [-0.2, -0.15) is 4.31 Å². The summed E-state index contributed by atoms with van der Waals surface area (Å²) >= 11 is 0. The Kier molecular flexibility index (Phi) is 3.51. The van der Waals surface area contributed by atoms with E-state index in [0.29, 0.717) is 13.2 Å². The van der Waals surface area contributed by atoms with Crippen molar-refractivity contribution < 1.29 is 23.1 Å². The van der Waals surface area contributed by atoms with Gasteiger partial charge in [0, 0.05) is 13.1 Å². The van der Waals surface area contributed by atoms with E-state index in [2.05, 4.69) is 0 Å². The predicted molar refractivity (Wildman–Crippen MR) is 74.0 cm³/mol. The van der Waals surface area contributed by atoms with Gasteiger partial charge >= 0.3 is 5.97 Å². The maximum Gasteiger partial charge on any atom is 0.308 e. The molecule has 0 aliphatic carbocycles. The molecule has 0 saturated carbocycles. The van der Waals surface area contributed by atoms with Gasteiger partial charge in [-0.3, -0.25) is 4.79 Å². The van der Waals surface area contributed by atoms with E-state index in [9.17, 15) is 13.2 Å². The van der Waals surface area contributed by atoms with Crippen molar-refractivity contribution in [3.05, 3.63) is 29.3 Å². The maximum absolute atomic E-state index is 12.6. The summed E-state index contributed by atoms with van der Waals surface area (Å²) in [6.07, 6.45) is 0. The molecule has 0 aromatic heterocycles. The van der Waals surface area contributed by atoms with Crippen LogP contribution in [0.15, 0.2) is 23.1 Å². The average molecular weight is 311 g/mol. The molecule has 0 unspecified atom stereocenters. The van der Waals surface area contributed by atoms with Crippen LogP contribution in [0.2, 0.25) is 0 Å². The van der Waals surface area contributed by atoms with Crippen LogP contribution in [0.5, 0.6) is 0 Å². The third kappa shape index (κ3) is 2.45. The van der Waals surface area contributed by atoms with E-state index in [0.717, 1.165) is 11.1 Å². The van der Waals surface area contributed by atoms with Gasteiger partial charge in [0.25, 0.3) is 0 Å². The van der Waals surface area contributed by atoms with Crippen LogP contribution >= 0.6 is 0 Å². The largest absolute Gasteiger partial charge is 0.481 e. The summed E-state index contributed by atoms with van der Waals surface area (Å²) in [5.74, 6) is -1.77. The monoisotopic (exact) mass is 311 g/mol. The van der Waals surface area contributed by atoms with Crippen molar-refractivity contribution in [3.63, 3.8) is 0 Å². The normalized spacial score (nSPS) is 26.0. The van der Waals surface area contributed by atoms with Gasteiger partial charge in [0.2, 0.25) is 10.0 Å². The number of ether oxygens (including phenoxy) is 1. The van der Waals surface area contributed by atoms with E-state index in [-0.39, 0.29) is 23.9 Å². The fourth-order valence-corrected chi connectivity index (χ4v) is 4.52. The van der Waals surface area contributed by atoms with E-state index in [1.807, 2.05) is 0 Å². The molecule has 2 heterocycles. The van der Waals surface area contributed by atoms with E-state index >= 15 is 0 Å². The molecule has 3 rings (SSSR count). The first-order valence-electron chi connectivity index (χ1n) is 6.82. The smallest absolute Gasteiger partial charge is 0.308 e. The van der Waals surface area contributed by atoms with Crippen LogP contribution in [-0.2, 0) is 32.8 Å². The van der Waals surface area contributed by atoms with Gasteiger partial charge in [-0.1, -0.05) is 13.0 Å². The number of fused-ring (bicyclic) bond motifs is 1. The van der Waals surface area contributed by atoms with Gasteiger partial charge in [-0.15, -0.1) is 0 Å². The van der Waals surface area contributed by atoms with E-state index in [1.54, 1.807) is 25.1 Å². The highest BCUT2D eigenvalue weighted by atomic mass is 32.2. The molecule has 6 nitrogen and oxygen atoms in total. The number of carbonyl (C=O) groups is 1. The molecule has 0 amide bonds. The second-order valence-electron chi connectivity index (χ2n) is 5.67. The van der Waals surface area contributed by atoms with E-state index in [1.165, 1.54) is 4.31 Å². The number of carboxylic acid groups (broad SMARTS) is 1. The number of hydrogen-bond donors (Lipinski definition) is 1. The highest BCUT2D eigenvalue weighted by molar-refractivity contribution is 7.89. The van der Waals surface area contributed by atoms with Crippen molar-refractivity contribution in [2.45, 2.75) is 25.0 Å². The van der Waals surface area contributed by atoms with Crippen LogP contribution in [0.1, 0.15) is 18.1 Å². The molecule has 2 atom stereocenters. The van der Waals surface area contributed by atoms with Gasteiger partial charge in [-0.05, 0) is 29.2 Å². The summed E-state index contributed by atoms with van der Waals surface area (Å²) in [4.78, 5) is 11.3. The summed E-state index contributed by atoms with van der Waals surface area (Å²) in [5.41, 5.74) is 1.89. The standard InChI is InChI=1S/C14H17NO5S/c1-9-5-15(6-13(9)14(16)17)21(18,19)12-3-2-10-7-20-8-11(10)4-12/h2-4,9,13H,5-8H2,1H3,(H,16,17)/t9-,13-/m1/s1.